The van der Waals surface area contributed by atoms with Crippen molar-refractivity contribution in [3.8, 4) is 0 Å². The van der Waals surface area contributed by atoms with E-state index in [0.29, 0.717) is 24.0 Å². The predicted molar refractivity (Wildman–Crippen MR) is 85.1 cm³/mol. The number of nitrogens with one attached hydrogen (secondary N) is 1. The van der Waals surface area contributed by atoms with Crippen LogP contribution < -0.4 is 5.32 Å². The Balaban J connectivity index is 2.07. The second kappa shape index (κ2) is 6.25. The van der Waals surface area contributed by atoms with E-state index in [4.69, 9.17) is 4.74 Å². The van der Waals surface area contributed by atoms with Gasteiger partial charge in [-0.15, -0.1) is 0 Å². The highest BCUT2D eigenvalue weighted by atomic mass is 16.5. The average molecular weight is 296 g/mol. The van der Waals surface area contributed by atoms with Gasteiger partial charge in [0, 0.05) is 38.1 Å². The number of hydrogen-bond donors (Lipinski definition) is 1. The van der Waals surface area contributed by atoms with E-state index in [1.165, 1.54) is 6.42 Å². The van der Waals surface area contributed by atoms with Gasteiger partial charge in [0.05, 0.1) is 12.1 Å². The van der Waals surface area contributed by atoms with Crippen LogP contribution in [-0.4, -0.2) is 49.7 Å². The van der Waals surface area contributed by atoms with Crippen molar-refractivity contribution in [1.29, 1.82) is 0 Å². The average Bonchev–Trinajstić information content (AvgIpc) is 2.41. The summed E-state index contributed by atoms with van der Waals surface area (Å²) in [4.78, 5) is 14.2. The first kappa shape index (κ1) is 16.8. The van der Waals surface area contributed by atoms with Crippen molar-refractivity contribution in [3.63, 3.8) is 0 Å². The highest BCUT2D eigenvalue weighted by Gasteiger charge is 2.58. The Morgan fingerprint density at radius 1 is 1.38 bits per heavy atom. The van der Waals surface area contributed by atoms with Crippen LogP contribution in [0.15, 0.2) is 0 Å². The zero-order chi connectivity index (χ0) is 15.8. The molecule has 1 saturated carbocycles. The Labute approximate surface area is 129 Å². The fraction of sp³-hybridized carbons (Fsp3) is 0.941. The summed E-state index contributed by atoms with van der Waals surface area (Å²) < 4.78 is 5.96. The summed E-state index contributed by atoms with van der Waals surface area (Å²) in [6, 6.07) is 0.308. The van der Waals surface area contributed by atoms with Crippen molar-refractivity contribution in [2.45, 2.75) is 65.1 Å². The summed E-state index contributed by atoms with van der Waals surface area (Å²) in [5.41, 5.74) is 0.118. The summed E-state index contributed by atoms with van der Waals surface area (Å²) in [7, 11) is 3.69. The first-order chi connectivity index (χ1) is 9.75. The molecule has 4 atom stereocenters. The van der Waals surface area contributed by atoms with Crippen LogP contribution in [0.3, 0.4) is 0 Å². The first-order valence-corrected chi connectivity index (χ1v) is 8.34. The molecule has 0 aromatic rings. The fourth-order valence-corrected chi connectivity index (χ4v) is 4.10. The molecule has 4 nitrogen and oxygen atoms in total. The number of likely N-dealkylation sites (N-methyl/N-ethyl adjacent to an activating group) is 1. The molecule has 2 aliphatic rings. The van der Waals surface area contributed by atoms with Crippen LogP contribution in [0.5, 0.6) is 0 Å². The molecule has 1 aliphatic carbocycles. The highest BCUT2D eigenvalue weighted by Crippen LogP contribution is 2.51. The zero-order valence-electron chi connectivity index (χ0n) is 14.5. The molecule has 0 bridgehead atoms. The van der Waals surface area contributed by atoms with Gasteiger partial charge in [0.2, 0.25) is 5.91 Å². The lowest BCUT2D eigenvalue weighted by Crippen LogP contribution is -2.71. The third-order valence-electron chi connectivity index (χ3n) is 5.16. The lowest BCUT2D eigenvalue weighted by Gasteiger charge is -2.60. The van der Waals surface area contributed by atoms with Gasteiger partial charge in [0.15, 0.2) is 0 Å². The Hall–Kier alpha value is -0.610. The summed E-state index contributed by atoms with van der Waals surface area (Å²) in [5.74, 6) is 1.27. The van der Waals surface area contributed by atoms with Gasteiger partial charge in [0.1, 0.15) is 0 Å². The summed E-state index contributed by atoms with van der Waals surface area (Å²) in [6.45, 7) is 9.78. The van der Waals surface area contributed by atoms with Gasteiger partial charge in [-0.25, -0.2) is 0 Å². The van der Waals surface area contributed by atoms with Gasteiger partial charge >= 0.3 is 0 Å². The van der Waals surface area contributed by atoms with E-state index in [0.717, 1.165) is 19.4 Å². The van der Waals surface area contributed by atoms with Crippen LogP contribution in [0.1, 0.15) is 47.0 Å². The molecule has 1 amide bonds. The van der Waals surface area contributed by atoms with E-state index < -0.39 is 0 Å². The number of nitrogens with zero attached hydrogens (tertiary/aromatic N) is 1. The zero-order valence-corrected chi connectivity index (χ0v) is 14.5. The molecule has 0 aromatic heterocycles. The van der Waals surface area contributed by atoms with Crippen LogP contribution in [0, 0.1) is 17.3 Å². The standard InChI is InChI=1S/C17H32N2O2/c1-11(2)10-13(16(20)19(5)6)18-14-12-8-7-9-21-15(12)17(14,3)4/h11-15,18H,7-10H2,1-6H3. The Morgan fingerprint density at radius 3 is 2.62 bits per heavy atom. The third-order valence-corrected chi connectivity index (χ3v) is 5.16. The van der Waals surface area contributed by atoms with Crippen molar-refractivity contribution in [2.75, 3.05) is 20.7 Å². The number of rotatable bonds is 5. The van der Waals surface area contributed by atoms with Gasteiger partial charge in [-0.1, -0.05) is 27.7 Å². The van der Waals surface area contributed by atoms with Crippen molar-refractivity contribution in [1.82, 2.24) is 10.2 Å². The maximum Gasteiger partial charge on any atom is 0.239 e. The number of amides is 1. The Kier molecular flexibility index (Phi) is 4.99. The molecule has 2 fully saturated rings. The minimum atomic E-state index is -0.0767. The van der Waals surface area contributed by atoms with Crippen LogP contribution in [0.25, 0.3) is 0 Å². The Bertz CT molecular complexity index is 379. The van der Waals surface area contributed by atoms with Gasteiger partial charge in [-0.05, 0) is 25.2 Å². The number of fused-ring (bicyclic) bond motifs is 1. The maximum atomic E-state index is 12.5. The topological polar surface area (TPSA) is 41.6 Å². The molecule has 4 heteroatoms. The number of ether oxygens (including phenoxy) is 1. The molecule has 0 aromatic carbocycles. The van der Waals surface area contributed by atoms with Crippen LogP contribution in [0.4, 0.5) is 0 Å². The van der Waals surface area contributed by atoms with Gasteiger partial charge in [-0.3, -0.25) is 4.79 Å². The van der Waals surface area contributed by atoms with Crippen molar-refractivity contribution in [3.05, 3.63) is 0 Å². The first-order valence-electron chi connectivity index (χ1n) is 8.34. The molecule has 21 heavy (non-hydrogen) atoms. The second-order valence-electron chi connectivity index (χ2n) is 7.98. The smallest absolute Gasteiger partial charge is 0.239 e. The van der Waals surface area contributed by atoms with Crippen LogP contribution in [0.2, 0.25) is 0 Å². The van der Waals surface area contributed by atoms with Crippen molar-refractivity contribution < 1.29 is 9.53 Å². The third kappa shape index (κ3) is 3.26. The molecule has 0 radical (unpaired) electrons. The van der Waals surface area contributed by atoms with E-state index in [9.17, 15) is 4.79 Å². The summed E-state index contributed by atoms with van der Waals surface area (Å²) in [5, 5.41) is 3.68. The predicted octanol–water partition coefficient (Wildman–Crippen LogP) is 2.28. The number of hydrogen-bond acceptors (Lipinski definition) is 3. The molecule has 1 saturated heterocycles. The van der Waals surface area contributed by atoms with Gasteiger partial charge in [-0.2, -0.15) is 0 Å². The molecular weight excluding hydrogens is 264 g/mol. The monoisotopic (exact) mass is 296 g/mol. The molecular formula is C17H32N2O2. The lowest BCUT2D eigenvalue weighted by molar-refractivity contribution is -0.195. The van der Waals surface area contributed by atoms with E-state index in [2.05, 4.69) is 33.0 Å². The van der Waals surface area contributed by atoms with E-state index in [1.54, 1.807) is 4.90 Å². The molecule has 122 valence electrons. The fourth-order valence-electron chi connectivity index (χ4n) is 4.10. The van der Waals surface area contributed by atoms with Crippen molar-refractivity contribution in [2.24, 2.45) is 17.3 Å². The maximum absolute atomic E-state index is 12.5. The Morgan fingerprint density at radius 2 is 2.05 bits per heavy atom. The molecule has 1 N–H and O–H groups in total. The second-order valence-corrected chi connectivity index (χ2v) is 7.98. The van der Waals surface area contributed by atoms with Crippen molar-refractivity contribution >= 4 is 5.91 Å². The van der Waals surface area contributed by atoms with E-state index >= 15 is 0 Å². The molecule has 2 rings (SSSR count). The molecule has 0 spiro atoms. The largest absolute Gasteiger partial charge is 0.377 e. The SMILES string of the molecule is CC(C)CC(NC1C2CCCOC2C1(C)C)C(=O)N(C)C. The van der Waals surface area contributed by atoms with Crippen LogP contribution in [-0.2, 0) is 9.53 Å². The lowest BCUT2D eigenvalue weighted by atomic mass is 9.55. The summed E-state index contributed by atoms with van der Waals surface area (Å²) in [6.07, 6.45) is 3.61. The quantitative estimate of drug-likeness (QED) is 0.846. The number of carbonyl (C=O) groups is 1. The minimum Gasteiger partial charge on any atom is -0.377 e. The molecule has 1 aliphatic heterocycles. The summed E-state index contributed by atoms with van der Waals surface area (Å²) >= 11 is 0. The highest BCUT2D eigenvalue weighted by molar-refractivity contribution is 5.81. The van der Waals surface area contributed by atoms with Gasteiger partial charge < -0.3 is 15.0 Å². The minimum absolute atomic E-state index is 0.0767. The molecule has 1 heterocycles. The number of carbonyl (C=O) groups excluding carboxylic acids is 1. The van der Waals surface area contributed by atoms with Crippen LogP contribution >= 0.6 is 0 Å². The molecule has 4 unspecified atom stereocenters. The van der Waals surface area contributed by atoms with E-state index in [-0.39, 0.29) is 17.4 Å². The normalized spacial score (nSPS) is 32.2. The van der Waals surface area contributed by atoms with E-state index in [1.807, 2.05) is 14.1 Å². The van der Waals surface area contributed by atoms with Gasteiger partial charge in [0.25, 0.3) is 0 Å².